The van der Waals surface area contributed by atoms with Crippen LogP contribution in [0.5, 0.6) is 5.75 Å². The molecule has 1 saturated heterocycles. The number of guanidine groups is 1. The number of hydrogen-bond acceptors (Lipinski definition) is 9. The maximum atomic E-state index is 15.6. The van der Waals surface area contributed by atoms with Gasteiger partial charge in [0.15, 0.2) is 0 Å². The molecule has 0 spiro atoms. The molecule has 2 aromatic carbocycles. The molecule has 0 radical (unpaired) electrons. The molecule has 0 atom stereocenters. The van der Waals surface area contributed by atoms with Crippen molar-refractivity contribution >= 4 is 54.5 Å². The van der Waals surface area contributed by atoms with Crippen molar-refractivity contribution in [1.82, 2.24) is 19.6 Å². The molecule has 0 bridgehead atoms. The summed E-state index contributed by atoms with van der Waals surface area (Å²) >= 11 is -4.28. The monoisotopic (exact) mass is 861 g/mol. The fourth-order valence-corrected chi connectivity index (χ4v) is 10.9. The third-order valence-electron chi connectivity index (χ3n) is 6.33. The molecule has 284 valence electrons. The van der Waals surface area contributed by atoms with Crippen molar-refractivity contribution in [2.45, 2.75) is 64.8 Å². The van der Waals surface area contributed by atoms with Crippen LogP contribution in [-0.4, -0.2) is 103 Å². The van der Waals surface area contributed by atoms with Gasteiger partial charge < -0.3 is 0 Å². The summed E-state index contributed by atoms with van der Waals surface area (Å²) in [6.07, 6.45) is -2.15. The van der Waals surface area contributed by atoms with Gasteiger partial charge in [0, 0.05) is 0 Å². The van der Waals surface area contributed by atoms with Gasteiger partial charge in [-0.25, -0.2) is 0 Å². The van der Waals surface area contributed by atoms with E-state index in [0.29, 0.717) is 5.75 Å². The zero-order valence-electron chi connectivity index (χ0n) is 29.4. The molecule has 1 aliphatic rings. The van der Waals surface area contributed by atoms with Gasteiger partial charge in [-0.1, -0.05) is 0 Å². The first kappa shape index (κ1) is 41.5. The number of urea groups is 1. The molecule has 1 heterocycles. The number of hydrogen-bond donors (Lipinski definition) is 0. The van der Waals surface area contributed by atoms with E-state index in [2.05, 4.69) is 4.99 Å². The fourth-order valence-electron chi connectivity index (χ4n) is 4.24. The second-order valence-electron chi connectivity index (χ2n) is 13.1. The third kappa shape index (κ3) is 11.3. The van der Waals surface area contributed by atoms with Crippen LogP contribution in [0.3, 0.4) is 0 Å². The molecule has 4 amide bonds. The van der Waals surface area contributed by atoms with E-state index in [9.17, 15) is 36.0 Å². The first-order chi connectivity index (χ1) is 23.3. The van der Waals surface area contributed by atoms with Gasteiger partial charge in [0.25, 0.3) is 0 Å². The average Bonchev–Trinajstić information content (AvgIpc) is 2.98. The van der Waals surface area contributed by atoms with Gasteiger partial charge in [-0.05, 0) is 0 Å². The van der Waals surface area contributed by atoms with Crippen LogP contribution < -0.4 is 4.74 Å². The number of benzene rings is 2. The summed E-state index contributed by atoms with van der Waals surface area (Å²) in [5, 5.41) is 0. The predicted octanol–water partition coefficient (Wildman–Crippen LogP) is 6.40. The molecular weight excluding hydrogens is 821 g/mol. The first-order valence-electron chi connectivity index (χ1n) is 15.0. The van der Waals surface area contributed by atoms with Crippen LogP contribution in [-0.2, 0) is 28.6 Å². The van der Waals surface area contributed by atoms with Crippen LogP contribution in [0.1, 0.15) is 47.1 Å². The van der Waals surface area contributed by atoms with Gasteiger partial charge >= 0.3 is 302 Å². The Kier molecular flexibility index (Phi) is 12.8. The van der Waals surface area contributed by atoms with Crippen molar-refractivity contribution in [2.24, 2.45) is 4.99 Å². The number of nitrogens with zero attached hydrogens (tertiary/aromatic N) is 5. The molecular formula is C31H40F4IN5O9S. The molecule has 14 nitrogen and oxygen atoms in total. The minimum absolute atomic E-state index is 0.0240. The van der Waals surface area contributed by atoms with E-state index < -0.39 is 75.2 Å². The van der Waals surface area contributed by atoms with Crippen molar-refractivity contribution in [3.63, 3.8) is 0 Å². The Bertz CT molecular complexity index is 1730. The van der Waals surface area contributed by atoms with E-state index in [0.717, 1.165) is 17.0 Å². The van der Waals surface area contributed by atoms with E-state index in [-0.39, 0.29) is 34.5 Å². The summed E-state index contributed by atoms with van der Waals surface area (Å²) in [6, 6.07) is 8.05. The number of alkyl halides is 3. The Morgan fingerprint density at radius 3 is 1.96 bits per heavy atom. The molecule has 1 aliphatic heterocycles. The third-order valence-corrected chi connectivity index (χ3v) is 13.4. The maximum absolute atomic E-state index is 15.6. The van der Waals surface area contributed by atoms with E-state index >= 15 is 4.39 Å². The normalized spacial score (nSPS) is 15.1. The topological polar surface area (TPSA) is 148 Å². The van der Waals surface area contributed by atoms with Crippen molar-refractivity contribution in [1.29, 1.82) is 0 Å². The van der Waals surface area contributed by atoms with Gasteiger partial charge in [-0.3, -0.25) is 0 Å². The minimum atomic E-state index is -6.19. The summed E-state index contributed by atoms with van der Waals surface area (Å²) < 4.78 is 101. The van der Waals surface area contributed by atoms with Crippen LogP contribution in [0, 0.1) is 13.0 Å². The van der Waals surface area contributed by atoms with Crippen molar-refractivity contribution in [2.75, 3.05) is 34.5 Å². The van der Waals surface area contributed by atoms with E-state index in [1.54, 1.807) is 41.5 Å². The number of methoxy groups -OCH3 is 1. The number of carbonyl (C=O) groups is 3. The second-order valence-corrected chi connectivity index (χ2v) is 19.5. The van der Waals surface area contributed by atoms with Crippen molar-refractivity contribution in [3.05, 3.63) is 61.0 Å². The van der Waals surface area contributed by atoms with Gasteiger partial charge in [0.1, 0.15) is 0 Å². The van der Waals surface area contributed by atoms with E-state index in [1.807, 2.05) is 0 Å². The first-order valence-corrected chi connectivity index (χ1v) is 19.4. The number of halogens is 5. The number of aliphatic imine (C=N–C) groups is 1. The quantitative estimate of drug-likeness (QED) is 0.101. The zero-order valence-corrected chi connectivity index (χ0v) is 32.3. The van der Waals surface area contributed by atoms with Crippen LogP contribution in [0.4, 0.5) is 31.9 Å². The molecule has 0 N–H and O–H groups in total. The standard InChI is InChI=1S/C31H40F4IN5O9S/c1-29(2,3)48-26(42)37-25(40-18-38(7)27(43)39(8)19-40)41(28(44)49-30(4,5)6)17-20-10-15-23(32)24(16-20)36(50-51(45,46)31(33,34)35)21-11-13-22(47-9)14-12-21/h10-16H,17-19H2,1-9H3. The summed E-state index contributed by atoms with van der Waals surface area (Å²) in [5.41, 5.74) is -7.83. The zero-order chi connectivity index (χ0) is 38.7. The Morgan fingerprint density at radius 2 is 1.47 bits per heavy atom. The van der Waals surface area contributed by atoms with Gasteiger partial charge in [-0.2, -0.15) is 0 Å². The average molecular weight is 862 g/mol. The molecule has 51 heavy (non-hydrogen) atoms. The number of carbonyl (C=O) groups excluding carboxylic acids is 3. The SMILES string of the molecule is COc1ccc(I(OS(=O)(=O)C(F)(F)F)c2cc(CN(C(=O)OC(C)(C)C)C(=NC(=O)OC(C)(C)C)N3CN(C)C(=O)N(C)C3)ccc2F)cc1. The van der Waals surface area contributed by atoms with E-state index in [1.165, 1.54) is 66.2 Å². The van der Waals surface area contributed by atoms with Crippen LogP contribution >= 0.6 is 20.2 Å². The fraction of sp³-hybridized carbons (Fsp3) is 0.484. The summed E-state index contributed by atoms with van der Waals surface area (Å²) in [5.74, 6) is -1.11. The molecule has 20 heteroatoms. The summed E-state index contributed by atoms with van der Waals surface area (Å²) in [6.45, 7) is 8.68. The predicted molar refractivity (Wildman–Crippen MR) is 185 cm³/mol. The Morgan fingerprint density at radius 1 is 0.922 bits per heavy atom. The van der Waals surface area contributed by atoms with Gasteiger partial charge in [0.05, 0.1) is 0 Å². The Balaban J connectivity index is 2.23. The molecule has 3 rings (SSSR count). The van der Waals surface area contributed by atoms with Crippen LogP contribution in [0.15, 0.2) is 47.5 Å². The summed E-state index contributed by atoms with van der Waals surface area (Å²) in [7, 11) is -1.91. The molecule has 0 saturated carbocycles. The van der Waals surface area contributed by atoms with Crippen molar-refractivity contribution in [3.8, 4) is 5.75 Å². The number of amides is 4. The van der Waals surface area contributed by atoms with E-state index in [4.69, 9.17) is 16.7 Å². The van der Waals surface area contributed by atoms with Crippen LogP contribution in [0.25, 0.3) is 0 Å². The summed E-state index contributed by atoms with van der Waals surface area (Å²) in [4.78, 5) is 48.4. The Labute approximate surface area is 301 Å². The van der Waals surface area contributed by atoms with Gasteiger partial charge in [0.2, 0.25) is 0 Å². The van der Waals surface area contributed by atoms with Crippen LogP contribution in [0.2, 0.25) is 0 Å². The number of ether oxygens (including phenoxy) is 3. The Hall–Kier alpha value is -3.92. The molecule has 0 aromatic heterocycles. The number of rotatable bonds is 7. The molecule has 1 fully saturated rings. The molecule has 0 aliphatic carbocycles. The molecule has 0 unspecified atom stereocenters. The second kappa shape index (κ2) is 15.8. The molecule has 2 aromatic rings. The van der Waals surface area contributed by atoms with Crippen molar-refractivity contribution < 1.29 is 57.1 Å². The van der Waals surface area contributed by atoms with Gasteiger partial charge in [-0.15, -0.1) is 0 Å².